The summed E-state index contributed by atoms with van der Waals surface area (Å²) < 4.78 is 0. The quantitative estimate of drug-likeness (QED) is 0.695. The van der Waals surface area contributed by atoms with E-state index >= 15 is 0 Å². The first-order chi connectivity index (χ1) is 12.6. The van der Waals surface area contributed by atoms with Gasteiger partial charge in [-0.2, -0.15) is 0 Å². The number of hydrogen-bond acceptors (Lipinski definition) is 7. The molecular formula is C18H13N3O3S2. The number of carbonyl (C=O) groups is 2. The molecular weight excluding hydrogens is 370 g/mol. The molecule has 1 amide bonds. The molecule has 0 saturated heterocycles. The molecule has 6 nitrogen and oxygen atoms in total. The fourth-order valence-corrected chi connectivity index (χ4v) is 4.17. The average Bonchev–Trinajstić information content (AvgIpc) is 3.38. The number of aliphatic hydroxyl groups excluding tert-OH is 1. The smallest absolute Gasteiger partial charge is 0.296 e. The average molecular weight is 383 g/mol. The summed E-state index contributed by atoms with van der Waals surface area (Å²) in [5.41, 5.74) is 3.35. The number of hydrogen-bond donors (Lipinski definition) is 1. The number of thiophene rings is 1. The highest BCUT2D eigenvalue weighted by atomic mass is 32.1. The van der Waals surface area contributed by atoms with Crippen LogP contribution in [0.15, 0.2) is 58.6 Å². The molecule has 1 aliphatic heterocycles. The van der Waals surface area contributed by atoms with E-state index in [1.54, 1.807) is 17.5 Å². The van der Waals surface area contributed by atoms with Crippen LogP contribution in [0.5, 0.6) is 0 Å². The van der Waals surface area contributed by atoms with E-state index < -0.39 is 17.7 Å². The van der Waals surface area contributed by atoms with Crippen LogP contribution in [0.4, 0.5) is 5.13 Å². The van der Waals surface area contributed by atoms with Gasteiger partial charge >= 0.3 is 0 Å². The fourth-order valence-electron chi connectivity index (χ4n) is 2.91. The van der Waals surface area contributed by atoms with Crippen LogP contribution in [0.2, 0.25) is 0 Å². The lowest BCUT2D eigenvalue weighted by atomic mass is 9.95. The lowest BCUT2D eigenvalue weighted by Crippen LogP contribution is -2.31. The molecule has 4 rings (SSSR count). The standard InChI is InChI=1S/C18H13N3O3S2/c1-10-4-6-11(7-5-10)14-13(15(22)12-3-2-8-25-12)16(23)17(24)21(14)18-20-19-9-26-18/h2-9,14,23H,1H3/t14-/m0/s1. The zero-order chi connectivity index (χ0) is 18.3. The highest BCUT2D eigenvalue weighted by Crippen LogP contribution is 2.42. The Morgan fingerprint density at radius 3 is 2.58 bits per heavy atom. The molecule has 3 aromatic rings. The van der Waals surface area contributed by atoms with E-state index in [0.29, 0.717) is 10.0 Å². The first-order valence-corrected chi connectivity index (χ1v) is 9.51. The number of amides is 1. The van der Waals surface area contributed by atoms with E-state index in [2.05, 4.69) is 10.2 Å². The minimum absolute atomic E-state index is 0.0662. The van der Waals surface area contributed by atoms with Gasteiger partial charge in [0.1, 0.15) is 5.51 Å². The fraction of sp³-hybridized carbons (Fsp3) is 0.111. The molecule has 3 heterocycles. The van der Waals surface area contributed by atoms with Crippen molar-refractivity contribution in [1.29, 1.82) is 0 Å². The molecule has 0 saturated carbocycles. The molecule has 0 radical (unpaired) electrons. The number of aromatic nitrogens is 2. The van der Waals surface area contributed by atoms with Crippen LogP contribution in [-0.4, -0.2) is 27.0 Å². The minimum Gasteiger partial charge on any atom is -0.503 e. The molecule has 1 N–H and O–H groups in total. The van der Waals surface area contributed by atoms with Crippen molar-refractivity contribution in [1.82, 2.24) is 10.2 Å². The monoisotopic (exact) mass is 383 g/mol. The Hall–Kier alpha value is -2.84. The van der Waals surface area contributed by atoms with Gasteiger partial charge in [0.25, 0.3) is 5.91 Å². The van der Waals surface area contributed by atoms with Gasteiger partial charge in [-0.25, -0.2) is 0 Å². The summed E-state index contributed by atoms with van der Waals surface area (Å²) in [5, 5.41) is 20.4. The zero-order valence-corrected chi connectivity index (χ0v) is 15.3. The minimum atomic E-state index is -0.745. The number of anilines is 1. The molecule has 0 aliphatic carbocycles. The number of carbonyl (C=O) groups excluding carboxylic acids is 2. The van der Waals surface area contributed by atoms with E-state index in [1.165, 1.54) is 33.1 Å². The van der Waals surface area contributed by atoms with E-state index in [-0.39, 0.29) is 11.4 Å². The second-order valence-electron chi connectivity index (χ2n) is 5.78. The first-order valence-electron chi connectivity index (χ1n) is 7.75. The summed E-state index contributed by atoms with van der Waals surface area (Å²) in [6.45, 7) is 1.96. The van der Waals surface area contributed by atoms with Crippen molar-refractivity contribution in [2.75, 3.05) is 4.90 Å². The van der Waals surface area contributed by atoms with E-state index in [4.69, 9.17) is 0 Å². The molecule has 26 heavy (non-hydrogen) atoms. The van der Waals surface area contributed by atoms with Gasteiger partial charge < -0.3 is 5.11 Å². The van der Waals surface area contributed by atoms with Crippen molar-refractivity contribution in [2.24, 2.45) is 0 Å². The molecule has 1 atom stereocenters. The Bertz CT molecular complexity index is 993. The van der Waals surface area contributed by atoms with Crippen LogP contribution in [0, 0.1) is 6.92 Å². The van der Waals surface area contributed by atoms with Gasteiger partial charge in [0.15, 0.2) is 5.76 Å². The van der Waals surface area contributed by atoms with Gasteiger partial charge in [-0.1, -0.05) is 47.2 Å². The Kier molecular flexibility index (Phi) is 4.14. The molecule has 0 unspecified atom stereocenters. The summed E-state index contributed by atoms with van der Waals surface area (Å²) in [6, 6.07) is 10.2. The van der Waals surface area contributed by atoms with Crippen molar-refractivity contribution < 1.29 is 14.7 Å². The third-order valence-corrected chi connectivity index (χ3v) is 5.70. The van der Waals surface area contributed by atoms with E-state index in [1.807, 2.05) is 31.2 Å². The largest absolute Gasteiger partial charge is 0.503 e. The Balaban J connectivity index is 1.88. The van der Waals surface area contributed by atoms with Crippen molar-refractivity contribution in [2.45, 2.75) is 13.0 Å². The van der Waals surface area contributed by atoms with Gasteiger partial charge in [0.05, 0.1) is 16.5 Å². The zero-order valence-electron chi connectivity index (χ0n) is 13.6. The predicted molar refractivity (Wildman–Crippen MR) is 99.6 cm³/mol. The second kappa shape index (κ2) is 6.47. The number of nitrogens with zero attached hydrogens (tertiary/aromatic N) is 3. The molecule has 130 valence electrons. The predicted octanol–water partition coefficient (Wildman–Crippen LogP) is 3.69. The number of benzene rings is 1. The SMILES string of the molecule is Cc1ccc([C@H]2C(C(=O)c3cccs3)=C(O)C(=O)N2c2nncs2)cc1. The van der Waals surface area contributed by atoms with Gasteiger partial charge in [-0.05, 0) is 23.9 Å². The summed E-state index contributed by atoms with van der Waals surface area (Å²) in [6.07, 6.45) is 0. The Labute approximate surface area is 157 Å². The topological polar surface area (TPSA) is 83.4 Å². The molecule has 0 spiro atoms. The van der Waals surface area contributed by atoms with Crippen molar-refractivity contribution in [3.8, 4) is 0 Å². The number of Topliss-reactive ketones (excluding diaryl/α,β-unsaturated/α-hetero) is 1. The maximum Gasteiger partial charge on any atom is 0.296 e. The lowest BCUT2D eigenvalue weighted by molar-refractivity contribution is -0.117. The highest BCUT2D eigenvalue weighted by molar-refractivity contribution is 7.13. The summed E-state index contributed by atoms with van der Waals surface area (Å²) in [5.74, 6) is -1.54. The molecule has 1 aromatic carbocycles. The van der Waals surface area contributed by atoms with Crippen molar-refractivity contribution in [3.05, 3.63) is 74.6 Å². The molecule has 0 fully saturated rings. The van der Waals surface area contributed by atoms with Gasteiger partial charge in [0.2, 0.25) is 10.9 Å². The summed E-state index contributed by atoms with van der Waals surface area (Å²) in [4.78, 5) is 27.6. The Morgan fingerprint density at radius 1 is 1.19 bits per heavy atom. The van der Waals surface area contributed by atoms with E-state index in [9.17, 15) is 14.7 Å². The maximum atomic E-state index is 13.0. The van der Waals surface area contributed by atoms with E-state index in [0.717, 1.165) is 11.1 Å². The third-order valence-electron chi connectivity index (χ3n) is 4.15. The highest BCUT2D eigenvalue weighted by Gasteiger charge is 2.45. The normalized spacial score (nSPS) is 17.2. The van der Waals surface area contributed by atoms with Crippen LogP contribution in [0.1, 0.15) is 26.8 Å². The molecule has 1 aliphatic rings. The van der Waals surface area contributed by atoms with Crippen molar-refractivity contribution in [3.63, 3.8) is 0 Å². The van der Waals surface area contributed by atoms with Gasteiger partial charge in [-0.3, -0.25) is 14.5 Å². The number of aryl methyl sites for hydroxylation is 1. The lowest BCUT2D eigenvalue weighted by Gasteiger charge is -2.24. The van der Waals surface area contributed by atoms with Gasteiger partial charge in [-0.15, -0.1) is 21.5 Å². The first kappa shape index (κ1) is 16.6. The number of rotatable bonds is 4. The number of aliphatic hydroxyl groups is 1. The summed E-state index contributed by atoms with van der Waals surface area (Å²) >= 11 is 2.44. The van der Waals surface area contributed by atoms with Crippen LogP contribution in [0.3, 0.4) is 0 Å². The molecule has 0 bridgehead atoms. The summed E-state index contributed by atoms with van der Waals surface area (Å²) in [7, 11) is 0. The molecule has 2 aromatic heterocycles. The number of ketones is 1. The van der Waals surface area contributed by atoms with Gasteiger partial charge in [0, 0.05) is 0 Å². The van der Waals surface area contributed by atoms with Crippen molar-refractivity contribution >= 4 is 39.5 Å². The van der Waals surface area contributed by atoms with Crippen LogP contribution < -0.4 is 4.90 Å². The Morgan fingerprint density at radius 2 is 1.96 bits per heavy atom. The van der Waals surface area contributed by atoms with Crippen LogP contribution in [0.25, 0.3) is 0 Å². The second-order valence-corrected chi connectivity index (χ2v) is 7.54. The van der Waals surface area contributed by atoms with Crippen LogP contribution in [-0.2, 0) is 4.79 Å². The molecule has 8 heteroatoms. The van der Waals surface area contributed by atoms with Crippen LogP contribution >= 0.6 is 22.7 Å². The maximum absolute atomic E-state index is 13.0. The third kappa shape index (κ3) is 2.63.